The molecule has 110 valence electrons. The lowest BCUT2D eigenvalue weighted by molar-refractivity contribution is 0.0559. The van der Waals surface area contributed by atoms with E-state index in [1.807, 2.05) is 19.0 Å². The lowest BCUT2D eigenvalue weighted by Crippen LogP contribution is -2.52. The molecule has 3 nitrogen and oxygen atoms in total. The van der Waals surface area contributed by atoms with E-state index in [4.69, 9.17) is 4.74 Å². The molecule has 0 amide bonds. The predicted octanol–water partition coefficient (Wildman–Crippen LogP) is 3.28. The van der Waals surface area contributed by atoms with E-state index in [1.165, 1.54) is 19.2 Å². The van der Waals surface area contributed by atoms with E-state index >= 15 is 0 Å². The molecule has 1 aromatic rings. The van der Waals surface area contributed by atoms with Gasteiger partial charge in [-0.05, 0) is 39.1 Å². The van der Waals surface area contributed by atoms with E-state index in [9.17, 15) is 9.18 Å². The van der Waals surface area contributed by atoms with Crippen LogP contribution in [0.2, 0.25) is 0 Å². The van der Waals surface area contributed by atoms with Crippen molar-refractivity contribution in [2.45, 2.75) is 37.6 Å². The molecule has 2 rings (SSSR count). The molecule has 1 saturated carbocycles. The summed E-state index contributed by atoms with van der Waals surface area (Å²) in [7, 11) is 5.30. The molecule has 0 saturated heterocycles. The minimum absolute atomic E-state index is 0.109. The Bertz CT molecular complexity index is 493. The van der Waals surface area contributed by atoms with Gasteiger partial charge in [-0.2, -0.15) is 0 Å². The van der Waals surface area contributed by atoms with Crippen LogP contribution in [0.15, 0.2) is 18.2 Å². The molecule has 0 heterocycles. The van der Waals surface area contributed by atoms with Crippen molar-refractivity contribution in [3.05, 3.63) is 29.6 Å². The summed E-state index contributed by atoms with van der Waals surface area (Å²) in [4.78, 5) is 14.8. The zero-order chi connectivity index (χ0) is 14.8. The van der Waals surface area contributed by atoms with E-state index in [1.54, 1.807) is 6.07 Å². The second kappa shape index (κ2) is 5.92. The molecule has 0 radical (unpaired) electrons. The number of likely N-dealkylation sites (N-methyl/N-ethyl adjacent to an activating group) is 1. The van der Waals surface area contributed by atoms with Crippen LogP contribution in [0.3, 0.4) is 0 Å². The lowest BCUT2D eigenvalue weighted by Gasteiger charge is -2.41. The van der Waals surface area contributed by atoms with Gasteiger partial charge in [-0.25, -0.2) is 4.39 Å². The van der Waals surface area contributed by atoms with Crippen LogP contribution in [0.25, 0.3) is 0 Å². The molecule has 1 aliphatic carbocycles. The van der Waals surface area contributed by atoms with Gasteiger partial charge in [-0.3, -0.25) is 9.69 Å². The Hall–Kier alpha value is -1.42. The Kier molecular flexibility index (Phi) is 4.43. The van der Waals surface area contributed by atoms with Crippen LogP contribution in [-0.2, 0) is 0 Å². The van der Waals surface area contributed by atoms with Crippen LogP contribution in [0.5, 0.6) is 5.75 Å². The van der Waals surface area contributed by atoms with Crippen molar-refractivity contribution in [1.29, 1.82) is 0 Å². The van der Waals surface area contributed by atoms with E-state index in [-0.39, 0.29) is 11.3 Å². The van der Waals surface area contributed by atoms with Crippen molar-refractivity contribution in [2.24, 2.45) is 0 Å². The fraction of sp³-hybridized carbons (Fsp3) is 0.562. The van der Waals surface area contributed by atoms with Crippen molar-refractivity contribution >= 4 is 5.78 Å². The molecule has 1 aliphatic rings. The highest BCUT2D eigenvalue weighted by Gasteiger charge is 2.42. The number of benzene rings is 1. The molecule has 1 fully saturated rings. The number of rotatable bonds is 4. The van der Waals surface area contributed by atoms with Crippen molar-refractivity contribution < 1.29 is 13.9 Å². The van der Waals surface area contributed by atoms with Gasteiger partial charge in [-0.1, -0.05) is 19.3 Å². The van der Waals surface area contributed by atoms with E-state index < -0.39 is 11.4 Å². The molecule has 0 aliphatic heterocycles. The first-order chi connectivity index (χ1) is 9.51. The SMILES string of the molecule is COc1ccc(C(=O)C2(N(C)C)CCCCC2)c(F)c1. The quantitative estimate of drug-likeness (QED) is 0.792. The van der Waals surface area contributed by atoms with Gasteiger partial charge in [0.05, 0.1) is 18.2 Å². The lowest BCUT2D eigenvalue weighted by atomic mass is 9.75. The van der Waals surface area contributed by atoms with Gasteiger partial charge >= 0.3 is 0 Å². The Balaban J connectivity index is 2.37. The number of carbonyl (C=O) groups excluding carboxylic acids is 1. The largest absolute Gasteiger partial charge is 0.497 e. The fourth-order valence-electron chi connectivity index (χ4n) is 3.07. The molecular formula is C16H22FNO2. The van der Waals surface area contributed by atoms with Gasteiger partial charge in [-0.15, -0.1) is 0 Å². The molecule has 0 aromatic heterocycles. The van der Waals surface area contributed by atoms with E-state index in [0.717, 1.165) is 32.1 Å². The third kappa shape index (κ3) is 2.57. The molecule has 0 N–H and O–H groups in total. The highest BCUT2D eigenvalue weighted by Crippen LogP contribution is 2.36. The number of Topliss-reactive ketones (excluding diaryl/α,β-unsaturated/α-hetero) is 1. The highest BCUT2D eigenvalue weighted by molar-refractivity contribution is 6.03. The molecular weight excluding hydrogens is 257 g/mol. The predicted molar refractivity (Wildman–Crippen MR) is 76.8 cm³/mol. The number of nitrogens with zero attached hydrogens (tertiary/aromatic N) is 1. The third-order valence-corrected chi connectivity index (χ3v) is 4.38. The molecule has 20 heavy (non-hydrogen) atoms. The summed E-state index contributed by atoms with van der Waals surface area (Å²) in [6.07, 6.45) is 4.77. The molecule has 4 heteroatoms. The first kappa shape index (κ1) is 15.0. The van der Waals surface area contributed by atoms with Crippen LogP contribution in [0.4, 0.5) is 4.39 Å². The molecule has 0 unspecified atom stereocenters. The number of carbonyl (C=O) groups is 1. The third-order valence-electron chi connectivity index (χ3n) is 4.38. The molecule has 1 aromatic carbocycles. The minimum atomic E-state index is -0.562. The van der Waals surface area contributed by atoms with Gasteiger partial charge in [0, 0.05) is 6.07 Å². The van der Waals surface area contributed by atoms with Crippen LogP contribution in [-0.4, -0.2) is 37.4 Å². The molecule has 0 atom stereocenters. The normalized spacial score (nSPS) is 18.1. The number of hydrogen-bond donors (Lipinski definition) is 0. The highest BCUT2D eigenvalue weighted by atomic mass is 19.1. The first-order valence-electron chi connectivity index (χ1n) is 7.07. The Morgan fingerprint density at radius 1 is 1.25 bits per heavy atom. The zero-order valence-corrected chi connectivity index (χ0v) is 12.4. The Morgan fingerprint density at radius 2 is 1.90 bits per heavy atom. The fourth-order valence-corrected chi connectivity index (χ4v) is 3.07. The topological polar surface area (TPSA) is 29.5 Å². The second-order valence-corrected chi connectivity index (χ2v) is 5.66. The van der Waals surface area contributed by atoms with Crippen LogP contribution < -0.4 is 4.74 Å². The summed E-state index contributed by atoms with van der Waals surface area (Å²) in [5.41, 5.74) is -0.394. The summed E-state index contributed by atoms with van der Waals surface area (Å²) < 4.78 is 19.1. The van der Waals surface area contributed by atoms with Crippen molar-refractivity contribution in [2.75, 3.05) is 21.2 Å². The summed E-state index contributed by atoms with van der Waals surface area (Å²) in [5.74, 6) is -0.176. The average Bonchev–Trinajstić information content (AvgIpc) is 2.47. The Morgan fingerprint density at radius 3 is 2.40 bits per heavy atom. The number of halogens is 1. The first-order valence-corrected chi connectivity index (χ1v) is 7.07. The molecule has 0 bridgehead atoms. The van der Waals surface area contributed by atoms with Crippen molar-refractivity contribution in [3.63, 3.8) is 0 Å². The van der Waals surface area contributed by atoms with Crippen molar-refractivity contribution in [1.82, 2.24) is 4.90 Å². The van der Waals surface area contributed by atoms with Crippen molar-refractivity contribution in [3.8, 4) is 5.75 Å². The number of hydrogen-bond acceptors (Lipinski definition) is 3. The minimum Gasteiger partial charge on any atom is -0.497 e. The summed E-state index contributed by atoms with van der Waals surface area (Å²) in [5, 5.41) is 0. The maximum Gasteiger partial charge on any atom is 0.185 e. The molecule has 0 spiro atoms. The van der Waals surface area contributed by atoms with Gasteiger partial charge < -0.3 is 4.74 Å². The monoisotopic (exact) mass is 279 g/mol. The Labute approximate surface area is 119 Å². The van der Waals surface area contributed by atoms with Crippen LogP contribution in [0, 0.1) is 5.82 Å². The van der Waals surface area contributed by atoms with Crippen LogP contribution >= 0.6 is 0 Å². The summed E-state index contributed by atoms with van der Waals surface area (Å²) >= 11 is 0. The standard InChI is InChI=1S/C16H22FNO2/c1-18(2)16(9-5-4-6-10-16)15(19)13-8-7-12(20-3)11-14(13)17/h7-8,11H,4-6,9-10H2,1-3H3. The summed E-state index contributed by atoms with van der Waals surface area (Å²) in [6, 6.07) is 4.46. The van der Waals surface area contributed by atoms with E-state index in [2.05, 4.69) is 0 Å². The second-order valence-electron chi connectivity index (χ2n) is 5.66. The van der Waals surface area contributed by atoms with Gasteiger partial charge in [0.2, 0.25) is 0 Å². The number of ether oxygens (including phenoxy) is 1. The van der Waals surface area contributed by atoms with E-state index in [0.29, 0.717) is 5.75 Å². The van der Waals surface area contributed by atoms with Gasteiger partial charge in [0.25, 0.3) is 0 Å². The maximum absolute atomic E-state index is 14.2. The number of ketones is 1. The smallest absolute Gasteiger partial charge is 0.185 e. The van der Waals surface area contributed by atoms with Gasteiger partial charge in [0.15, 0.2) is 5.78 Å². The van der Waals surface area contributed by atoms with Crippen LogP contribution in [0.1, 0.15) is 42.5 Å². The summed E-state index contributed by atoms with van der Waals surface area (Å²) in [6.45, 7) is 0. The number of methoxy groups -OCH3 is 1. The zero-order valence-electron chi connectivity index (χ0n) is 12.4. The average molecular weight is 279 g/mol. The maximum atomic E-state index is 14.2. The van der Waals surface area contributed by atoms with Gasteiger partial charge in [0.1, 0.15) is 11.6 Å².